The highest BCUT2D eigenvalue weighted by Gasteiger charge is 2.11. The van der Waals surface area contributed by atoms with Gasteiger partial charge in [0, 0.05) is 6.07 Å². The SMILES string of the molecule is CCCCCCc1ccc(Br)c([N+](=O)[O-])c1. The first-order chi connectivity index (χ1) is 7.65. The molecule has 0 saturated carbocycles. The van der Waals surface area contributed by atoms with Gasteiger partial charge in [0.25, 0.3) is 5.69 Å². The van der Waals surface area contributed by atoms with Crippen molar-refractivity contribution in [2.75, 3.05) is 0 Å². The van der Waals surface area contributed by atoms with E-state index in [-0.39, 0.29) is 10.6 Å². The molecule has 3 nitrogen and oxygen atoms in total. The molecule has 0 atom stereocenters. The van der Waals surface area contributed by atoms with Crippen LogP contribution >= 0.6 is 15.9 Å². The summed E-state index contributed by atoms with van der Waals surface area (Å²) in [5.74, 6) is 0. The monoisotopic (exact) mass is 285 g/mol. The van der Waals surface area contributed by atoms with E-state index in [1.165, 1.54) is 19.3 Å². The van der Waals surface area contributed by atoms with Gasteiger partial charge in [-0.1, -0.05) is 32.3 Å². The van der Waals surface area contributed by atoms with E-state index in [9.17, 15) is 10.1 Å². The average molecular weight is 286 g/mol. The summed E-state index contributed by atoms with van der Waals surface area (Å²) in [5, 5.41) is 10.7. The fourth-order valence-corrected chi connectivity index (χ4v) is 2.00. The van der Waals surface area contributed by atoms with Gasteiger partial charge in [0.2, 0.25) is 0 Å². The predicted molar refractivity (Wildman–Crippen MR) is 68.6 cm³/mol. The summed E-state index contributed by atoms with van der Waals surface area (Å²) >= 11 is 3.18. The molecule has 0 spiro atoms. The van der Waals surface area contributed by atoms with Gasteiger partial charge < -0.3 is 0 Å². The molecule has 0 heterocycles. The van der Waals surface area contributed by atoms with Crippen LogP contribution in [-0.4, -0.2) is 4.92 Å². The summed E-state index contributed by atoms with van der Waals surface area (Å²) in [6, 6.07) is 5.37. The van der Waals surface area contributed by atoms with Crippen molar-refractivity contribution >= 4 is 21.6 Å². The van der Waals surface area contributed by atoms with Gasteiger partial charge in [0.1, 0.15) is 0 Å². The Morgan fingerprint density at radius 3 is 2.69 bits per heavy atom. The van der Waals surface area contributed by atoms with E-state index in [2.05, 4.69) is 22.9 Å². The molecule has 0 saturated heterocycles. The Morgan fingerprint density at radius 2 is 2.06 bits per heavy atom. The van der Waals surface area contributed by atoms with Gasteiger partial charge in [-0.15, -0.1) is 0 Å². The van der Waals surface area contributed by atoms with Crippen molar-refractivity contribution in [2.45, 2.75) is 39.0 Å². The minimum atomic E-state index is -0.348. The van der Waals surface area contributed by atoms with Crippen LogP contribution in [-0.2, 0) is 6.42 Å². The number of benzene rings is 1. The molecule has 0 aliphatic carbocycles. The molecule has 0 amide bonds. The molecule has 1 aromatic rings. The highest BCUT2D eigenvalue weighted by molar-refractivity contribution is 9.10. The first-order valence-electron chi connectivity index (χ1n) is 5.58. The molecular formula is C12H16BrNO2. The number of halogens is 1. The number of nitro benzene ring substituents is 1. The van der Waals surface area contributed by atoms with E-state index < -0.39 is 0 Å². The second-order valence-electron chi connectivity index (χ2n) is 3.85. The lowest BCUT2D eigenvalue weighted by atomic mass is 10.1. The third-order valence-electron chi connectivity index (χ3n) is 2.53. The van der Waals surface area contributed by atoms with Gasteiger partial charge in [0.05, 0.1) is 9.40 Å². The molecule has 0 aromatic heterocycles. The summed E-state index contributed by atoms with van der Waals surface area (Å²) in [6.45, 7) is 2.17. The molecule has 88 valence electrons. The fraction of sp³-hybridized carbons (Fsp3) is 0.500. The van der Waals surface area contributed by atoms with Crippen molar-refractivity contribution in [3.05, 3.63) is 38.3 Å². The number of unbranched alkanes of at least 4 members (excludes halogenated alkanes) is 3. The minimum Gasteiger partial charge on any atom is -0.258 e. The van der Waals surface area contributed by atoms with Crippen molar-refractivity contribution < 1.29 is 4.92 Å². The zero-order chi connectivity index (χ0) is 12.0. The van der Waals surface area contributed by atoms with Crippen molar-refractivity contribution in [2.24, 2.45) is 0 Å². The summed E-state index contributed by atoms with van der Waals surface area (Å²) in [7, 11) is 0. The van der Waals surface area contributed by atoms with Crippen LogP contribution in [0.4, 0.5) is 5.69 Å². The summed E-state index contributed by atoms with van der Waals surface area (Å²) in [4.78, 5) is 10.4. The smallest absolute Gasteiger partial charge is 0.258 e. The number of hydrogen-bond acceptors (Lipinski definition) is 2. The van der Waals surface area contributed by atoms with E-state index >= 15 is 0 Å². The van der Waals surface area contributed by atoms with Gasteiger partial charge in [-0.05, 0) is 40.4 Å². The largest absolute Gasteiger partial charge is 0.283 e. The number of nitro groups is 1. The second-order valence-corrected chi connectivity index (χ2v) is 4.71. The van der Waals surface area contributed by atoms with Crippen molar-refractivity contribution in [1.82, 2.24) is 0 Å². The lowest BCUT2D eigenvalue weighted by Crippen LogP contribution is -1.92. The molecule has 0 aliphatic rings. The lowest BCUT2D eigenvalue weighted by molar-refractivity contribution is -0.385. The van der Waals surface area contributed by atoms with Crippen molar-refractivity contribution in [3.8, 4) is 0 Å². The van der Waals surface area contributed by atoms with E-state index in [0.717, 1.165) is 18.4 Å². The number of hydrogen-bond donors (Lipinski definition) is 0. The second kappa shape index (κ2) is 6.63. The van der Waals surface area contributed by atoms with Gasteiger partial charge in [-0.2, -0.15) is 0 Å². The predicted octanol–water partition coefficient (Wildman–Crippen LogP) is 4.48. The van der Waals surface area contributed by atoms with E-state index in [1.807, 2.05) is 6.07 Å². The molecule has 0 N–H and O–H groups in total. The molecule has 4 heteroatoms. The van der Waals surface area contributed by atoms with Gasteiger partial charge in [-0.25, -0.2) is 0 Å². The first kappa shape index (κ1) is 13.2. The van der Waals surface area contributed by atoms with Gasteiger partial charge in [0.15, 0.2) is 0 Å². The molecule has 0 aliphatic heterocycles. The quantitative estimate of drug-likeness (QED) is 0.439. The van der Waals surface area contributed by atoms with E-state index in [4.69, 9.17) is 0 Å². The van der Waals surface area contributed by atoms with Crippen LogP contribution in [0.25, 0.3) is 0 Å². The molecule has 1 rings (SSSR count). The Kier molecular flexibility index (Phi) is 5.46. The molecule has 0 unspecified atom stereocenters. The Labute approximate surface area is 104 Å². The molecular weight excluding hydrogens is 270 g/mol. The van der Waals surface area contributed by atoms with Crippen LogP contribution in [0, 0.1) is 10.1 Å². The summed E-state index contributed by atoms with van der Waals surface area (Å²) in [6.07, 6.45) is 5.67. The third kappa shape index (κ3) is 3.93. The lowest BCUT2D eigenvalue weighted by Gasteiger charge is -2.02. The number of rotatable bonds is 6. The maximum absolute atomic E-state index is 10.7. The van der Waals surface area contributed by atoms with Gasteiger partial charge >= 0.3 is 0 Å². The fourth-order valence-electron chi connectivity index (χ4n) is 1.61. The summed E-state index contributed by atoms with van der Waals surface area (Å²) in [5.41, 5.74) is 1.21. The van der Waals surface area contributed by atoms with Gasteiger partial charge in [-0.3, -0.25) is 10.1 Å². The maximum Gasteiger partial charge on any atom is 0.283 e. The van der Waals surface area contributed by atoms with Crippen LogP contribution < -0.4 is 0 Å². The molecule has 1 aromatic carbocycles. The topological polar surface area (TPSA) is 43.1 Å². The molecule has 0 bridgehead atoms. The zero-order valence-electron chi connectivity index (χ0n) is 9.41. The zero-order valence-corrected chi connectivity index (χ0v) is 11.0. The average Bonchev–Trinajstić information content (AvgIpc) is 2.26. The standard InChI is InChI=1S/C12H16BrNO2/c1-2-3-4-5-6-10-7-8-11(13)12(9-10)14(15)16/h7-9H,2-6H2,1H3. The highest BCUT2D eigenvalue weighted by Crippen LogP contribution is 2.26. The van der Waals surface area contributed by atoms with Crippen LogP contribution in [0.2, 0.25) is 0 Å². The molecule has 16 heavy (non-hydrogen) atoms. The highest BCUT2D eigenvalue weighted by atomic mass is 79.9. The number of aryl methyl sites for hydroxylation is 1. The van der Waals surface area contributed by atoms with Crippen LogP contribution in [0.1, 0.15) is 38.2 Å². The van der Waals surface area contributed by atoms with Crippen LogP contribution in [0.15, 0.2) is 22.7 Å². The Bertz CT molecular complexity index is 366. The van der Waals surface area contributed by atoms with Crippen molar-refractivity contribution in [1.29, 1.82) is 0 Å². The van der Waals surface area contributed by atoms with E-state index in [1.54, 1.807) is 12.1 Å². The third-order valence-corrected chi connectivity index (χ3v) is 3.20. The normalized spacial score (nSPS) is 10.4. The molecule has 0 radical (unpaired) electrons. The minimum absolute atomic E-state index is 0.160. The first-order valence-corrected chi connectivity index (χ1v) is 6.37. The maximum atomic E-state index is 10.7. The van der Waals surface area contributed by atoms with Crippen LogP contribution in [0.5, 0.6) is 0 Å². The Balaban J connectivity index is 2.61. The van der Waals surface area contributed by atoms with E-state index in [0.29, 0.717) is 4.47 Å². The Morgan fingerprint density at radius 1 is 1.31 bits per heavy atom. The summed E-state index contributed by atoms with van der Waals surface area (Å²) < 4.78 is 0.551. The van der Waals surface area contributed by atoms with Crippen molar-refractivity contribution in [3.63, 3.8) is 0 Å². The Hall–Kier alpha value is -0.900. The molecule has 0 fully saturated rings. The van der Waals surface area contributed by atoms with Crippen LogP contribution in [0.3, 0.4) is 0 Å². The number of nitrogens with zero attached hydrogens (tertiary/aromatic N) is 1.